The summed E-state index contributed by atoms with van der Waals surface area (Å²) in [6, 6.07) is 5.69. The lowest BCUT2D eigenvalue weighted by atomic mass is 10.2. The van der Waals surface area contributed by atoms with Crippen molar-refractivity contribution in [1.82, 2.24) is 10.6 Å². The molecule has 0 bridgehead atoms. The summed E-state index contributed by atoms with van der Waals surface area (Å²) in [5.74, 6) is 1.59. The van der Waals surface area contributed by atoms with Gasteiger partial charge in [0.25, 0.3) is 0 Å². The average Bonchev–Trinajstić information content (AvgIpc) is 3.05. The van der Waals surface area contributed by atoms with E-state index in [4.69, 9.17) is 9.47 Å². The SMILES string of the molecule is O=C(NCc1ccc2c(c1)OCO2)[C@H]1CCCN1. The normalized spacial score (nSPS) is 21.0. The highest BCUT2D eigenvalue weighted by Gasteiger charge is 2.21. The predicted octanol–water partition coefficient (Wildman–Crippen LogP) is 0.783. The van der Waals surface area contributed by atoms with Crippen molar-refractivity contribution in [2.75, 3.05) is 13.3 Å². The summed E-state index contributed by atoms with van der Waals surface area (Å²) in [6.45, 7) is 1.73. The Bertz CT molecular complexity index is 456. The molecule has 1 amide bonds. The van der Waals surface area contributed by atoms with Crippen LogP contribution in [0.3, 0.4) is 0 Å². The zero-order chi connectivity index (χ0) is 12.4. The molecule has 0 aromatic heterocycles. The molecule has 1 saturated heterocycles. The Hall–Kier alpha value is -1.75. The van der Waals surface area contributed by atoms with Crippen molar-refractivity contribution >= 4 is 5.91 Å². The summed E-state index contributed by atoms with van der Waals surface area (Å²) in [5, 5.41) is 6.11. The summed E-state index contributed by atoms with van der Waals surface area (Å²) in [5.41, 5.74) is 1.02. The standard InChI is InChI=1S/C13H16N2O3/c16-13(10-2-1-5-14-10)15-7-9-3-4-11-12(6-9)18-8-17-11/h3-4,6,10,14H,1-2,5,7-8H2,(H,15,16)/t10-/m1/s1. The number of hydrogen-bond donors (Lipinski definition) is 2. The minimum Gasteiger partial charge on any atom is -0.454 e. The van der Waals surface area contributed by atoms with Crippen LogP contribution in [0.15, 0.2) is 18.2 Å². The van der Waals surface area contributed by atoms with Crippen LogP contribution in [0, 0.1) is 0 Å². The molecular weight excluding hydrogens is 232 g/mol. The first-order valence-electron chi connectivity index (χ1n) is 6.22. The fourth-order valence-electron chi connectivity index (χ4n) is 2.27. The molecule has 0 radical (unpaired) electrons. The fourth-order valence-corrected chi connectivity index (χ4v) is 2.27. The molecule has 1 fully saturated rings. The number of ether oxygens (including phenoxy) is 2. The molecule has 0 unspecified atom stereocenters. The van der Waals surface area contributed by atoms with E-state index >= 15 is 0 Å². The first-order chi connectivity index (χ1) is 8.83. The number of hydrogen-bond acceptors (Lipinski definition) is 4. The smallest absolute Gasteiger partial charge is 0.237 e. The van der Waals surface area contributed by atoms with Gasteiger partial charge in [-0.05, 0) is 37.1 Å². The molecule has 2 heterocycles. The Balaban J connectivity index is 1.58. The van der Waals surface area contributed by atoms with Crippen molar-refractivity contribution in [3.05, 3.63) is 23.8 Å². The maximum atomic E-state index is 11.8. The summed E-state index contributed by atoms with van der Waals surface area (Å²) in [7, 11) is 0. The number of carbonyl (C=O) groups excluding carboxylic acids is 1. The van der Waals surface area contributed by atoms with Crippen molar-refractivity contribution in [2.45, 2.75) is 25.4 Å². The molecule has 0 aliphatic carbocycles. The fraction of sp³-hybridized carbons (Fsp3) is 0.462. The van der Waals surface area contributed by atoms with Gasteiger partial charge in [-0.3, -0.25) is 4.79 Å². The van der Waals surface area contributed by atoms with E-state index in [9.17, 15) is 4.79 Å². The molecule has 1 aromatic rings. The molecule has 5 heteroatoms. The lowest BCUT2D eigenvalue weighted by Gasteiger charge is -2.11. The minimum atomic E-state index is -0.0287. The van der Waals surface area contributed by atoms with Gasteiger partial charge in [-0.15, -0.1) is 0 Å². The van der Waals surface area contributed by atoms with Crippen molar-refractivity contribution in [2.24, 2.45) is 0 Å². The van der Waals surface area contributed by atoms with Gasteiger partial charge < -0.3 is 20.1 Å². The van der Waals surface area contributed by atoms with Crippen molar-refractivity contribution in [1.29, 1.82) is 0 Å². The summed E-state index contributed by atoms with van der Waals surface area (Å²) >= 11 is 0. The average molecular weight is 248 g/mol. The number of rotatable bonds is 3. The van der Waals surface area contributed by atoms with E-state index in [1.165, 1.54) is 0 Å². The monoisotopic (exact) mass is 248 g/mol. The van der Waals surface area contributed by atoms with Crippen LogP contribution in [0.25, 0.3) is 0 Å². The Morgan fingerprint density at radius 2 is 2.28 bits per heavy atom. The Morgan fingerprint density at radius 1 is 1.39 bits per heavy atom. The van der Waals surface area contributed by atoms with Crippen LogP contribution in [0.4, 0.5) is 0 Å². The van der Waals surface area contributed by atoms with Crippen molar-refractivity contribution in [3.8, 4) is 11.5 Å². The van der Waals surface area contributed by atoms with Crippen LogP contribution in [0.5, 0.6) is 11.5 Å². The maximum absolute atomic E-state index is 11.8. The van der Waals surface area contributed by atoms with Gasteiger partial charge in [0.15, 0.2) is 11.5 Å². The second-order valence-corrected chi connectivity index (χ2v) is 4.55. The quantitative estimate of drug-likeness (QED) is 0.830. The number of fused-ring (bicyclic) bond motifs is 1. The molecule has 1 aromatic carbocycles. The summed E-state index contributed by atoms with van der Waals surface area (Å²) < 4.78 is 10.5. The van der Waals surface area contributed by atoms with Gasteiger partial charge in [-0.25, -0.2) is 0 Å². The Morgan fingerprint density at radius 3 is 3.11 bits per heavy atom. The maximum Gasteiger partial charge on any atom is 0.237 e. The third-order valence-electron chi connectivity index (χ3n) is 3.28. The van der Waals surface area contributed by atoms with E-state index < -0.39 is 0 Å². The zero-order valence-corrected chi connectivity index (χ0v) is 10.1. The molecule has 2 aliphatic rings. The number of amides is 1. The van der Waals surface area contributed by atoms with Crippen molar-refractivity contribution < 1.29 is 14.3 Å². The molecule has 0 saturated carbocycles. The van der Waals surface area contributed by atoms with E-state index in [1.807, 2.05) is 18.2 Å². The van der Waals surface area contributed by atoms with Gasteiger partial charge >= 0.3 is 0 Å². The number of carbonyl (C=O) groups is 1. The van der Waals surface area contributed by atoms with E-state index in [-0.39, 0.29) is 18.7 Å². The molecule has 18 heavy (non-hydrogen) atoms. The van der Waals surface area contributed by atoms with Gasteiger partial charge in [0.1, 0.15) is 0 Å². The zero-order valence-electron chi connectivity index (χ0n) is 10.1. The van der Waals surface area contributed by atoms with Gasteiger partial charge in [-0.1, -0.05) is 6.07 Å². The second kappa shape index (κ2) is 4.86. The third kappa shape index (κ3) is 2.26. The van der Waals surface area contributed by atoms with E-state index in [0.29, 0.717) is 6.54 Å². The van der Waals surface area contributed by atoms with E-state index in [1.54, 1.807) is 0 Å². The van der Waals surface area contributed by atoms with Crippen LogP contribution in [0.1, 0.15) is 18.4 Å². The highest BCUT2D eigenvalue weighted by molar-refractivity contribution is 5.82. The second-order valence-electron chi connectivity index (χ2n) is 4.55. The number of nitrogens with one attached hydrogen (secondary N) is 2. The van der Waals surface area contributed by atoms with Gasteiger partial charge in [0, 0.05) is 6.54 Å². The van der Waals surface area contributed by atoms with Crippen LogP contribution in [-0.4, -0.2) is 25.3 Å². The lowest BCUT2D eigenvalue weighted by molar-refractivity contribution is -0.122. The third-order valence-corrected chi connectivity index (χ3v) is 3.28. The van der Waals surface area contributed by atoms with Crippen LogP contribution >= 0.6 is 0 Å². The number of benzene rings is 1. The lowest BCUT2D eigenvalue weighted by Crippen LogP contribution is -2.39. The van der Waals surface area contributed by atoms with E-state index in [0.717, 1.165) is 36.4 Å². The van der Waals surface area contributed by atoms with Crippen molar-refractivity contribution in [3.63, 3.8) is 0 Å². The molecule has 2 aliphatic heterocycles. The van der Waals surface area contributed by atoms with Crippen LogP contribution < -0.4 is 20.1 Å². The summed E-state index contributed by atoms with van der Waals surface area (Å²) in [4.78, 5) is 11.8. The van der Waals surface area contributed by atoms with Gasteiger partial charge in [-0.2, -0.15) is 0 Å². The first kappa shape index (κ1) is 11.3. The van der Waals surface area contributed by atoms with Gasteiger partial charge in [0.2, 0.25) is 12.7 Å². The highest BCUT2D eigenvalue weighted by atomic mass is 16.7. The molecule has 96 valence electrons. The molecule has 0 spiro atoms. The minimum absolute atomic E-state index is 0.0287. The molecule has 3 rings (SSSR count). The van der Waals surface area contributed by atoms with Crippen LogP contribution in [0.2, 0.25) is 0 Å². The molecule has 5 nitrogen and oxygen atoms in total. The molecule has 1 atom stereocenters. The Kier molecular flexibility index (Phi) is 3.06. The van der Waals surface area contributed by atoms with E-state index in [2.05, 4.69) is 10.6 Å². The topological polar surface area (TPSA) is 59.6 Å². The predicted molar refractivity (Wildman–Crippen MR) is 65.4 cm³/mol. The van der Waals surface area contributed by atoms with Crippen LogP contribution in [-0.2, 0) is 11.3 Å². The largest absolute Gasteiger partial charge is 0.454 e. The van der Waals surface area contributed by atoms with Gasteiger partial charge in [0.05, 0.1) is 6.04 Å². The summed E-state index contributed by atoms with van der Waals surface area (Å²) in [6.07, 6.45) is 2.00. The molecular formula is C13H16N2O3. The molecule has 2 N–H and O–H groups in total. The Labute approximate surface area is 105 Å². The first-order valence-corrected chi connectivity index (χ1v) is 6.22. The highest BCUT2D eigenvalue weighted by Crippen LogP contribution is 2.32.